The molecule has 0 amide bonds. The van der Waals surface area contributed by atoms with Gasteiger partial charge in [-0.3, -0.25) is 5.10 Å². The number of aromatic amines is 2. The number of benzene rings is 1. The molecule has 0 saturated heterocycles. The van der Waals surface area contributed by atoms with E-state index in [0.29, 0.717) is 5.69 Å². The Morgan fingerprint density at radius 2 is 2.11 bits per heavy atom. The quantitative estimate of drug-likeness (QED) is 0.549. The third kappa shape index (κ3) is 1.36. The summed E-state index contributed by atoms with van der Waals surface area (Å²) in [5.41, 5.74) is 7.64. The van der Waals surface area contributed by atoms with Gasteiger partial charge < -0.3 is 15.8 Å². The number of nitrogen functional groups attached to an aromatic ring is 1. The number of carboxylic acid groups (broad SMARTS) is 1. The summed E-state index contributed by atoms with van der Waals surface area (Å²) in [6, 6.07) is 7.62. The topological polar surface area (TPSA) is 108 Å². The number of hydrogen-bond acceptors (Lipinski definition) is 3. The zero-order valence-electron chi connectivity index (χ0n) is 9.27. The van der Waals surface area contributed by atoms with Gasteiger partial charge in [-0.15, -0.1) is 0 Å². The molecule has 0 spiro atoms. The molecule has 2 heterocycles. The van der Waals surface area contributed by atoms with Crippen molar-refractivity contribution in [3.05, 3.63) is 36.0 Å². The number of nitrogens with zero attached hydrogens (tertiary/aromatic N) is 1. The molecule has 0 aliphatic heterocycles. The molecule has 0 fully saturated rings. The number of carboxylic acids is 1. The van der Waals surface area contributed by atoms with Crippen LogP contribution < -0.4 is 5.73 Å². The number of hydrogen-bond donors (Lipinski definition) is 4. The number of aromatic carboxylic acids is 1. The summed E-state index contributed by atoms with van der Waals surface area (Å²) in [6.45, 7) is 0. The van der Waals surface area contributed by atoms with Crippen LogP contribution in [-0.2, 0) is 0 Å². The Morgan fingerprint density at radius 1 is 1.33 bits per heavy atom. The maximum Gasteiger partial charge on any atom is 0.341 e. The maximum atomic E-state index is 11.2. The van der Waals surface area contributed by atoms with Crippen LogP contribution in [0.1, 0.15) is 10.4 Å². The van der Waals surface area contributed by atoms with Gasteiger partial charge in [0, 0.05) is 22.7 Å². The number of aromatic nitrogens is 3. The number of para-hydroxylation sites is 1. The number of nitrogens with two attached hydrogens (primary N) is 1. The first kappa shape index (κ1) is 10.4. The molecule has 0 saturated carbocycles. The summed E-state index contributed by atoms with van der Waals surface area (Å²) < 4.78 is 0. The van der Waals surface area contributed by atoms with Gasteiger partial charge in [-0.1, -0.05) is 18.2 Å². The van der Waals surface area contributed by atoms with Gasteiger partial charge in [0.05, 0.1) is 5.69 Å². The van der Waals surface area contributed by atoms with E-state index in [4.69, 9.17) is 10.8 Å². The van der Waals surface area contributed by atoms with Gasteiger partial charge in [0.1, 0.15) is 5.56 Å². The van der Waals surface area contributed by atoms with Crippen LogP contribution >= 0.6 is 0 Å². The molecule has 3 aromatic rings. The molecule has 0 atom stereocenters. The molecule has 0 aliphatic carbocycles. The van der Waals surface area contributed by atoms with Gasteiger partial charge in [-0.25, -0.2) is 4.79 Å². The zero-order chi connectivity index (χ0) is 12.7. The molecular weight excluding hydrogens is 232 g/mol. The van der Waals surface area contributed by atoms with Crippen LogP contribution in [0.3, 0.4) is 0 Å². The van der Waals surface area contributed by atoms with Gasteiger partial charge in [-0.05, 0) is 6.07 Å². The second-order valence-electron chi connectivity index (χ2n) is 3.91. The van der Waals surface area contributed by atoms with Gasteiger partial charge >= 0.3 is 5.97 Å². The van der Waals surface area contributed by atoms with E-state index in [1.807, 2.05) is 24.3 Å². The van der Waals surface area contributed by atoms with E-state index in [9.17, 15) is 4.79 Å². The Balaban J connectivity index is 2.30. The number of rotatable bonds is 2. The zero-order valence-corrected chi connectivity index (χ0v) is 9.27. The summed E-state index contributed by atoms with van der Waals surface area (Å²) in [6.07, 6.45) is 1.74. The maximum absolute atomic E-state index is 11.2. The minimum Gasteiger partial charge on any atom is -0.477 e. The molecule has 18 heavy (non-hydrogen) atoms. The lowest BCUT2D eigenvalue weighted by molar-refractivity contribution is 0.0699. The van der Waals surface area contributed by atoms with E-state index in [1.165, 1.54) is 0 Å². The highest BCUT2D eigenvalue weighted by molar-refractivity contribution is 6.04. The van der Waals surface area contributed by atoms with Crippen LogP contribution in [0.4, 0.5) is 5.82 Å². The average molecular weight is 242 g/mol. The molecule has 0 unspecified atom stereocenters. The standard InChI is InChI=1S/C12H10N4O2/c13-11-9(12(17)18)10(15-16-11)7-5-14-8-4-2-1-3-6(7)8/h1-5,14H,(H,17,18)(H3,13,15,16). The van der Waals surface area contributed by atoms with Crippen LogP contribution in [0.2, 0.25) is 0 Å². The Hall–Kier alpha value is -2.76. The first-order chi connectivity index (χ1) is 8.68. The predicted molar refractivity (Wildman–Crippen MR) is 67.3 cm³/mol. The number of nitrogens with one attached hydrogen (secondary N) is 2. The van der Waals surface area contributed by atoms with Crippen molar-refractivity contribution in [1.82, 2.24) is 15.2 Å². The van der Waals surface area contributed by atoms with E-state index in [0.717, 1.165) is 16.5 Å². The Bertz CT molecular complexity index is 741. The highest BCUT2D eigenvalue weighted by Crippen LogP contribution is 2.31. The molecule has 5 N–H and O–H groups in total. The lowest BCUT2D eigenvalue weighted by Gasteiger charge is -1.98. The minimum atomic E-state index is -1.10. The molecule has 3 rings (SSSR count). The van der Waals surface area contributed by atoms with E-state index in [2.05, 4.69) is 15.2 Å². The molecule has 1 aromatic carbocycles. The van der Waals surface area contributed by atoms with Crippen molar-refractivity contribution in [2.24, 2.45) is 0 Å². The highest BCUT2D eigenvalue weighted by atomic mass is 16.4. The van der Waals surface area contributed by atoms with E-state index < -0.39 is 5.97 Å². The Labute approximate surface area is 101 Å². The van der Waals surface area contributed by atoms with E-state index >= 15 is 0 Å². The SMILES string of the molecule is Nc1n[nH]c(-c2c[nH]c3ccccc23)c1C(=O)O. The van der Waals surface area contributed by atoms with Crippen LogP contribution in [0.5, 0.6) is 0 Å². The fourth-order valence-corrected chi connectivity index (χ4v) is 2.05. The van der Waals surface area contributed by atoms with E-state index in [1.54, 1.807) is 6.20 Å². The number of carbonyl (C=O) groups is 1. The van der Waals surface area contributed by atoms with Gasteiger partial charge in [0.25, 0.3) is 0 Å². The van der Waals surface area contributed by atoms with Gasteiger partial charge in [-0.2, -0.15) is 5.10 Å². The number of anilines is 1. The lowest BCUT2D eigenvalue weighted by Crippen LogP contribution is -2.01. The molecule has 0 radical (unpaired) electrons. The molecule has 2 aromatic heterocycles. The summed E-state index contributed by atoms with van der Waals surface area (Å²) in [7, 11) is 0. The second kappa shape index (κ2) is 3.63. The molecule has 6 heteroatoms. The predicted octanol–water partition coefficient (Wildman–Crippen LogP) is 1.84. The summed E-state index contributed by atoms with van der Waals surface area (Å²) >= 11 is 0. The molecule has 90 valence electrons. The van der Waals surface area contributed by atoms with Crippen molar-refractivity contribution in [2.75, 3.05) is 5.73 Å². The average Bonchev–Trinajstić information content (AvgIpc) is 2.92. The molecule has 6 nitrogen and oxygen atoms in total. The molecule has 0 bridgehead atoms. The molecular formula is C12H10N4O2. The number of H-pyrrole nitrogens is 2. The van der Waals surface area contributed by atoms with Crippen molar-refractivity contribution in [1.29, 1.82) is 0 Å². The fraction of sp³-hybridized carbons (Fsp3) is 0. The third-order valence-electron chi connectivity index (χ3n) is 2.87. The lowest BCUT2D eigenvalue weighted by atomic mass is 10.1. The first-order valence-corrected chi connectivity index (χ1v) is 5.32. The van der Waals surface area contributed by atoms with Gasteiger partial charge in [0.2, 0.25) is 0 Å². The molecule has 0 aliphatic rings. The van der Waals surface area contributed by atoms with Crippen molar-refractivity contribution >= 4 is 22.7 Å². The van der Waals surface area contributed by atoms with Crippen LogP contribution in [0, 0.1) is 0 Å². The highest BCUT2D eigenvalue weighted by Gasteiger charge is 2.20. The minimum absolute atomic E-state index is 0.000229. The van der Waals surface area contributed by atoms with Crippen LogP contribution in [0.15, 0.2) is 30.5 Å². The largest absolute Gasteiger partial charge is 0.477 e. The summed E-state index contributed by atoms with van der Waals surface area (Å²) in [5, 5.41) is 16.5. The van der Waals surface area contributed by atoms with Crippen LogP contribution in [0.25, 0.3) is 22.2 Å². The van der Waals surface area contributed by atoms with Crippen molar-refractivity contribution in [2.45, 2.75) is 0 Å². The second-order valence-corrected chi connectivity index (χ2v) is 3.91. The normalized spacial score (nSPS) is 10.9. The fourth-order valence-electron chi connectivity index (χ4n) is 2.05. The summed E-state index contributed by atoms with van der Waals surface area (Å²) in [4.78, 5) is 14.3. The van der Waals surface area contributed by atoms with Crippen molar-refractivity contribution < 1.29 is 9.90 Å². The third-order valence-corrected chi connectivity index (χ3v) is 2.87. The summed E-state index contributed by atoms with van der Waals surface area (Å²) in [5.74, 6) is -1.11. The monoisotopic (exact) mass is 242 g/mol. The smallest absolute Gasteiger partial charge is 0.341 e. The first-order valence-electron chi connectivity index (χ1n) is 5.32. The Morgan fingerprint density at radius 3 is 2.89 bits per heavy atom. The van der Waals surface area contributed by atoms with Crippen molar-refractivity contribution in [3.63, 3.8) is 0 Å². The van der Waals surface area contributed by atoms with E-state index in [-0.39, 0.29) is 11.4 Å². The van der Waals surface area contributed by atoms with Crippen molar-refractivity contribution in [3.8, 4) is 11.3 Å². The Kier molecular flexibility index (Phi) is 2.09. The van der Waals surface area contributed by atoms with Gasteiger partial charge in [0.15, 0.2) is 5.82 Å². The van der Waals surface area contributed by atoms with Crippen LogP contribution in [-0.4, -0.2) is 26.3 Å². The number of fused-ring (bicyclic) bond motifs is 1.